The number of ketones is 1. The first-order chi connectivity index (χ1) is 13.4. The first-order valence-corrected chi connectivity index (χ1v) is 11.8. The molecular weight excluding hydrogens is 394 g/mol. The van der Waals surface area contributed by atoms with E-state index in [4.69, 9.17) is 0 Å². The van der Waals surface area contributed by atoms with E-state index in [9.17, 15) is 13.2 Å². The van der Waals surface area contributed by atoms with Crippen LogP contribution in [0, 0.1) is 0 Å². The van der Waals surface area contributed by atoms with E-state index in [0.29, 0.717) is 16.8 Å². The molecule has 0 bridgehead atoms. The van der Waals surface area contributed by atoms with Crippen LogP contribution >= 0.6 is 11.8 Å². The summed E-state index contributed by atoms with van der Waals surface area (Å²) in [5, 5.41) is 4.95. The molecule has 4 rings (SSSR count). The second-order valence-corrected chi connectivity index (χ2v) is 9.76. The van der Waals surface area contributed by atoms with Crippen LogP contribution in [-0.2, 0) is 9.84 Å². The average Bonchev–Trinajstić information content (AvgIpc) is 3.49. The highest BCUT2D eigenvalue weighted by atomic mass is 32.2. The van der Waals surface area contributed by atoms with Gasteiger partial charge in [-0.25, -0.2) is 18.4 Å². The smallest absolute Gasteiger partial charge is 0.190 e. The van der Waals surface area contributed by atoms with Gasteiger partial charge in [0.1, 0.15) is 5.82 Å². The van der Waals surface area contributed by atoms with Gasteiger partial charge in [0.15, 0.2) is 20.8 Å². The molecule has 1 N–H and O–H groups in total. The molecule has 1 fully saturated rings. The molecule has 3 aromatic rings. The van der Waals surface area contributed by atoms with Crippen LogP contribution in [0.1, 0.15) is 23.2 Å². The predicted octanol–water partition coefficient (Wildman–Crippen LogP) is 3.58. The van der Waals surface area contributed by atoms with Crippen molar-refractivity contribution in [1.29, 1.82) is 0 Å². The molecule has 0 spiro atoms. The number of benzene rings is 2. The van der Waals surface area contributed by atoms with E-state index in [2.05, 4.69) is 15.3 Å². The van der Waals surface area contributed by atoms with E-state index < -0.39 is 9.84 Å². The summed E-state index contributed by atoms with van der Waals surface area (Å²) in [6.07, 6.45) is 3.43. The molecule has 144 valence electrons. The molecule has 0 aliphatic heterocycles. The molecule has 6 nitrogen and oxygen atoms in total. The van der Waals surface area contributed by atoms with Crippen molar-refractivity contribution < 1.29 is 13.2 Å². The number of hydrogen-bond donors (Lipinski definition) is 1. The van der Waals surface area contributed by atoms with Crippen molar-refractivity contribution in [3.8, 4) is 0 Å². The van der Waals surface area contributed by atoms with Gasteiger partial charge in [0.05, 0.1) is 16.2 Å². The Morgan fingerprint density at radius 1 is 1.11 bits per heavy atom. The Bertz CT molecular complexity index is 1140. The molecule has 28 heavy (non-hydrogen) atoms. The van der Waals surface area contributed by atoms with Gasteiger partial charge in [-0.05, 0) is 37.1 Å². The van der Waals surface area contributed by atoms with Crippen LogP contribution < -0.4 is 5.32 Å². The first kappa shape index (κ1) is 18.9. The maximum Gasteiger partial charge on any atom is 0.190 e. The third-order valence-corrected chi connectivity index (χ3v) is 6.41. The minimum Gasteiger partial charge on any atom is -0.367 e. The highest BCUT2D eigenvalue weighted by Crippen LogP contribution is 2.30. The van der Waals surface area contributed by atoms with Gasteiger partial charge in [0, 0.05) is 23.2 Å². The monoisotopic (exact) mass is 413 g/mol. The van der Waals surface area contributed by atoms with E-state index in [-0.39, 0.29) is 16.4 Å². The van der Waals surface area contributed by atoms with Gasteiger partial charge in [-0.3, -0.25) is 4.79 Å². The van der Waals surface area contributed by atoms with Gasteiger partial charge in [0.2, 0.25) is 0 Å². The van der Waals surface area contributed by atoms with Gasteiger partial charge in [-0.1, -0.05) is 36.0 Å². The van der Waals surface area contributed by atoms with Gasteiger partial charge in [-0.2, -0.15) is 0 Å². The molecular formula is C20H19N3O3S2. The molecule has 0 unspecified atom stereocenters. The van der Waals surface area contributed by atoms with Crippen LogP contribution in [0.4, 0.5) is 5.82 Å². The zero-order valence-corrected chi connectivity index (χ0v) is 16.9. The van der Waals surface area contributed by atoms with Gasteiger partial charge in [-0.15, -0.1) is 0 Å². The fourth-order valence-electron chi connectivity index (χ4n) is 2.75. The Kier molecular flexibility index (Phi) is 5.07. The Morgan fingerprint density at radius 2 is 1.82 bits per heavy atom. The molecule has 8 heteroatoms. The number of aromatic nitrogens is 2. The molecule has 1 aliphatic carbocycles. The summed E-state index contributed by atoms with van der Waals surface area (Å²) >= 11 is 1.28. The number of thioether (sulfide) groups is 1. The predicted molar refractivity (Wildman–Crippen MR) is 111 cm³/mol. The van der Waals surface area contributed by atoms with Crippen molar-refractivity contribution in [2.75, 3.05) is 17.3 Å². The van der Waals surface area contributed by atoms with E-state index in [0.717, 1.165) is 35.8 Å². The van der Waals surface area contributed by atoms with Crippen LogP contribution in [0.15, 0.2) is 58.6 Å². The van der Waals surface area contributed by atoms with Crippen molar-refractivity contribution in [2.24, 2.45) is 0 Å². The summed E-state index contributed by atoms with van der Waals surface area (Å²) in [6, 6.07) is 14.3. The molecule has 1 aliphatic rings. The van der Waals surface area contributed by atoms with Crippen LogP contribution in [-0.4, -0.2) is 42.2 Å². The minimum atomic E-state index is -3.27. The molecule has 0 atom stereocenters. The largest absolute Gasteiger partial charge is 0.367 e. The van der Waals surface area contributed by atoms with E-state index >= 15 is 0 Å². The number of rotatable bonds is 7. The van der Waals surface area contributed by atoms with E-state index in [1.54, 1.807) is 12.1 Å². The summed E-state index contributed by atoms with van der Waals surface area (Å²) in [4.78, 5) is 21.8. The van der Waals surface area contributed by atoms with Crippen LogP contribution in [0.2, 0.25) is 0 Å². The van der Waals surface area contributed by atoms with E-state index in [1.807, 2.05) is 24.3 Å². The first-order valence-electron chi connectivity index (χ1n) is 8.89. The molecule has 2 aromatic carbocycles. The number of carbonyl (C=O) groups is 1. The minimum absolute atomic E-state index is 0.0986. The zero-order chi connectivity index (χ0) is 19.7. The highest BCUT2D eigenvalue weighted by Gasteiger charge is 2.23. The number of fused-ring (bicyclic) bond motifs is 1. The van der Waals surface area contributed by atoms with Crippen molar-refractivity contribution in [1.82, 2.24) is 9.97 Å². The SMILES string of the molecule is CS(=O)(=O)c1ccc(C(=O)CSc2nc(NC3CC3)c3ccccc3n2)cc1. The van der Waals surface area contributed by atoms with Crippen molar-refractivity contribution >= 4 is 44.1 Å². The Hall–Kier alpha value is -2.45. The Labute approximate surface area is 167 Å². The lowest BCUT2D eigenvalue weighted by atomic mass is 10.1. The lowest BCUT2D eigenvalue weighted by Crippen LogP contribution is -2.07. The standard InChI is InChI=1S/C20H19N3O3S2/c1-28(25,26)15-10-6-13(7-11-15)18(24)12-27-20-22-17-5-3-2-4-16(17)19(23-20)21-14-8-9-14/h2-7,10-11,14H,8-9,12H2,1H3,(H,21,22,23). The second-order valence-electron chi connectivity index (χ2n) is 6.80. The van der Waals surface area contributed by atoms with Crippen LogP contribution in [0.25, 0.3) is 10.9 Å². The summed E-state index contributed by atoms with van der Waals surface area (Å²) in [5.41, 5.74) is 1.31. The fourth-order valence-corrected chi connectivity index (χ4v) is 4.13. The summed E-state index contributed by atoms with van der Waals surface area (Å²) < 4.78 is 23.1. The highest BCUT2D eigenvalue weighted by molar-refractivity contribution is 7.99. The lowest BCUT2D eigenvalue weighted by molar-refractivity contribution is 0.102. The Morgan fingerprint density at radius 3 is 2.50 bits per heavy atom. The molecule has 0 radical (unpaired) electrons. The zero-order valence-electron chi connectivity index (χ0n) is 15.3. The molecule has 1 aromatic heterocycles. The summed E-state index contributed by atoms with van der Waals surface area (Å²) in [6.45, 7) is 0. The average molecular weight is 414 g/mol. The number of para-hydroxylation sites is 1. The van der Waals surface area contributed by atoms with Gasteiger partial charge >= 0.3 is 0 Å². The number of hydrogen-bond acceptors (Lipinski definition) is 7. The summed E-state index contributed by atoms with van der Waals surface area (Å²) in [5.74, 6) is 0.887. The van der Waals surface area contributed by atoms with Crippen molar-refractivity contribution in [3.63, 3.8) is 0 Å². The second kappa shape index (κ2) is 7.52. The van der Waals surface area contributed by atoms with E-state index in [1.165, 1.54) is 23.9 Å². The normalized spacial score (nSPS) is 14.2. The summed E-state index contributed by atoms with van der Waals surface area (Å²) in [7, 11) is -3.27. The lowest BCUT2D eigenvalue weighted by Gasteiger charge is -2.09. The Balaban J connectivity index is 1.51. The molecule has 0 amide bonds. The maximum absolute atomic E-state index is 12.5. The topological polar surface area (TPSA) is 89.0 Å². The number of Topliss-reactive ketones (excluding diaryl/α,β-unsaturated/α-hetero) is 1. The molecule has 1 heterocycles. The van der Waals surface area contributed by atoms with Crippen molar-refractivity contribution in [3.05, 3.63) is 54.1 Å². The van der Waals surface area contributed by atoms with Gasteiger partial charge in [0.25, 0.3) is 0 Å². The molecule has 1 saturated carbocycles. The third kappa shape index (κ3) is 4.34. The fraction of sp³-hybridized carbons (Fsp3) is 0.250. The number of anilines is 1. The molecule has 0 saturated heterocycles. The third-order valence-electron chi connectivity index (χ3n) is 4.44. The number of sulfone groups is 1. The quantitative estimate of drug-likeness (QED) is 0.360. The van der Waals surface area contributed by atoms with Crippen molar-refractivity contribution in [2.45, 2.75) is 28.9 Å². The number of nitrogens with zero attached hydrogens (tertiary/aromatic N) is 2. The number of carbonyl (C=O) groups excluding carboxylic acids is 1. The van der Waals surface area contributed by atoms with Gasteiger partial charge < -0.3 is 5.32 Å². The maximum atomic E-state index is 12.5. The van der Waals surface area contributed by atoms with Crippen LogP contribution in [0.3, 0.4) is 0 Å². The number of nitrogens with one attached hydrogen (secondary N) is 1. The van der Waals surface area contributed by atoms with Crippen LogP contribution in [0.5, 0.6) is 0 Å².